The molecule has 0 spiro atoms. The van der Waals surface area contributed by atoms with Gasteiger partial charge in [0.25, 0.3) is 0 Å². The van der Waals surface area contributed by atoms with Crippen LogP contribution < -0.4 is 5.32 Å². The van der Waals surface area contributed by atoms with Crippen molar-refractivity contribution in [3.8, 4) is 0 Å². The van der Waals surface area contributed by atoms with Gasteiger partial charge in [-0.05, 0) is 25.7 Å². The highest BCUT2D eigenvalue weighted by atomic mass is 16.5. The third-order valence-corrected chi connectivity index (χ3v) is 19.4. The molecule has 3 N–H and O–H groups in total. The summed E-state index contributed by atoms with van der Waals surface area (Å²) in [6, 6.07) is -0.536. The van der Waals surface area contributed by atoms with Gasteiger partial charge in [0.05, 0.1) is 25.4 Å². The number of rotatable bonds is 77. The number of ether oxygens (including phenoxy) is 1. The first-order valence-corrected chi connectivity index (χ1v) is 40.3. The second-order valence-electron chi connectivity index (χ2n) is 28.1. The molecule has 0 aromatic carbocycles. The summed E-state index contributed by atoms with van der Waals surface area (Å²) in [5.41, 5.74) is 0. The van der Waals surface area contributed by atoms with E-state index in [-0.39, 0.29) is 18.5 Å². The fourth-order valence-corrected chi connectivity index (χ4v) is 13.3. The van der Waals surface area contributed by atoms with Crippen LogP contribution in [0.4, 0.5) is 0 Å². The Morgan fingerprint density at radius 2 is 0.477 bits per heavy atom. The predicted octanol–water partition coefficient (Wildman–Crippen LogP) is 26.5. The van der Waals surface area contributed by atoms with E-state index < -0.39 is 12.1 Å². The molecule has 0 radical (unpaired) electrons. The van der Waals surface area contributed by atoms with E-state index in [1.54, 1.807) is 0 Å². The van der Waals surface area contributed by atoms with Crippen molar-refractivity contribution in [1.29, 1.82) is 0 Å². The van der Waals surface area contributed by atoms with Gasteiger partial charge in [-0.25, -0.2) is 0 Å². The molecule has 86 heavy (non-hydrogen) atoms. The Bertz CT molecular complexity index is 1260. The highest BCUT2D eigenvalue weighted by Crippen LogP contribution is 2.21. The third-order valence-electron chi connectivity index (χ3n) is 19.4. The lowest BCUT2D eigenvalue weighted by atomic mass is 10.0. The number of carbonyl (C=O) groups excluding carboxylic acids is 2. The van der Waals surface area contributed by atoms with Crippen LogP contribution in [0.25, 0.3) is 0 Å². The lowest BCUT2D eigenvalue weighted by molar-refractivity contribution is -0.143. The van der Waals surface area contributed by atoms with E-state index in [4.69, 9.17) is 4.74 Å². The van der Waals surface area contributed by atoms with Crippen molar-refractivity contribution in [3.05, 3.63) is 0 Å². The number of hydrogen-bond acceptors (Lipinski definition) is 5. The monoisotopic (exact) mass is 1210 g/mol. The van der Waals surface area contributed by atoms with Gasteiger partial charge in [0.2, 0.25) is 5.91 Å². The maximum atomic E-state index is 12.5. The van der Waals surface area contributed by atoms with Crippen LogP contribution in [0, 0.1) is 0 Å². The molecule has 0 fully saturated rings. The number of amides is 1. The average Bonchev–Trinajstić information content (AvgIpc) is 3.60. The molecule has 0 aliphatic rings. The van der Waals surface area contributed by atoms with Gasteiger partial charge in [-0.15, -0.1) is 0 Å². The Kier molecular flexibility index (Phi) is 75.3. The van der Waals surface area contributed by atoms with Gasteiger partial charge in [0.15, 0.2) is 0 Å². The molecule has 1 amide bonds. The molecular formula is C80H159NO5. The molecule has 0 bridgehead atoms. The van der Waals surface area contributed by atoms with E-state index in [0.717, 1.165) is 38.5 Å². The molecule has 514 valence electrons. The molecule has 0 heterocycles. The molecule has 0 saturated carbocycles. The maximum absolute atomic E-state index is 12.5. The topological polar surface area (TPSA) is 95.9 Å². The van der Waals surface area contributed by atoms with E-state index >= 15 is 0 Å². The number of hydrogen-bond donors (Lipinski definition) is 3. The average molecular weight is 1220 g/mol. The Labute approximate surface area is 540 Å². The maximum Gasteiger partial charge on any atom is 0.305 e. The van der Waals surface area contributed by atoms with Crippen LogP contribution in [0.2, 0.25) is 0 Å². The molecule has 0 aromatic heterocycles. The molecule has 0 aromatic rings. The Morgan fingerprint density at radius 1 is 0.279 bits per heavy atom. The zero-order chi connectivity index (χ0) is 62.0. The largest absolute Gasteiger partial charge is 0.466 e. The summed E-state index contributed by atoms with van der Waals surface area (Å²) in [7, 11) is 0. The van der Waals surface area contributed by atoms with Crippen LogP contribution in [-0.4, -0.2) is 47.4 Å². The summed E-state index contributed by atoms with van der Waals surface area (Å²) in [6.45, 7) is 5.02. The molecule has 6 heteroatoms. The van der Waals surface area contributed by atoms with Crippen LogP contribution >= 0.6 is 0 Å². The first-order chi connectivity index (χ1) is 42.5. The van der Waals surface area contributed by atoms with Gasteiger partial charge in [-0.2, -0.15) is 0 Å². The van der Waals surface area contributed by atoms with Gasteiger partial charge in [-0.1, -0.05) is 438 Å². The van der Waals surface area contributed by atoms with Crippen LogP contribution in [-0.2, 0) is 14.3 Å². The van der Waals surface area contributed by atoms with Crippen LogP contribution in [0.15, 0.2) is 0 Å². The minimum Gasteiger partial charge on any atom is -0.466 e. The fourth-order valence-electron chi connectivity index (χ4n) is 13.3. The smallest absolute Gasteiger partial charge is 0.305 e. The Morgan fingerprint density at radius 3 is 0.709 bits per heavy atom. The summed E-state index contributed by atoms with van der Waals surface area (Å²) in [5.74, 6) is 0.00358. The predicted molar refractivity (Wildman–Crippen MR) is 380 cm³/mol. The van der Waals surface area contributed by atoms with Crippen LogP contribution in [0.3, 0.4) is 0 Å². The van der Waals surface area contributed by atoms with Crippen molar-refractivity contribution in [1.82, 2.24) is 5.32 Å². The summed E-state index contributed by atoms with van der Waals surface area (Å²) in [5, 5.41) is 23.4. The second kappa shape index (κ2) is 76.3. The van der Waals surface area contributed by atoms with Gasteiger partial charge < -0.3 is 20.3 Å². The van der Waals surface area contributed by atoms with Gasteiger partial charge >= 0.3 is 5.97 Å². The normalized spacial score (nSPS) is 12.4. The first-order valence-electron chi connectivity index (χ1n) is 40.3. The SMILES string of the molecule is CCCCCCCCCCCCCCCCCCCCC(=O)OCCCCCCCCCCCCCCCCCCCCCCCCCCCCCCCCCCCCCC(=O)NC(CO)C(O)CCCCCCCCCCCCCCCCCC. The molecular weight excluding hydrogens is 1050 g/mol. The fraction of sp³-hybridized carbons (Fsp3) is 0.975. The number of aliphatic hydroxyl groups is 2. The van der Waals surface area contributed by atoms with Crippen LogP contribution in [0.1, 0.15) is 476 Å². The minimum absolute atomic E-state index is 0.0249. The van der Waals surface area contributed by atoms with E-state index in [9.17, 15) is 19.8 Å². The van der Waals surface area contributed by atoms with Crippen molar-refractivity contribution in [2.45, 2.75) is 488 Å². The van der Waals surface area contributed by atoms with Crippen molar-refractivity contribution in [2.75, 3.05) is 13.2 Å². The zero-order valence-corrected chi connectivity index (χ0v) is 59.1. The molecule has 2 atom stereocenters. The molecule has 0 rings (SSSR count). The molecule has 0 aliphatic heterocycles. The molecule has 6 nitrogen and oxygen atoms in total. The van der Waals surface area contributed by atoms with E-state index in [1.165, 1.54) is 405 Å². The van der Waals surface area contributed by atoms with Crippen molar-refractivity contribution < 1.29 is 24.5 Å². The second-order valence-corrected chi connectivity index (χ2v) is 28.1. The summed E-state index contributed by atoms with van der Waals surface area (Å²) >= 11 is 0. The molecule has 2 unspecified atom stereocenters. The first kappa shape index (κ1) is 84.9. The van der Waals surface area contributed by atoms with E-state index in [1.807, 2.05) is 0 Å². The van der Waals surface area contributed by atoms with Crippen molar-refractivity contribution in [3.63, 3.8) is 0 Å². The number of unbranched alkanes of at least 4 members (excludes halogenated alkanes) is 66. The number of nitrogens with one attached hydrogen (secondary N) is 1. The van der Waals surface area contributed by atoms with Gasteiger partial charge in [0, 0.05) is 12.8 Å². The van der Waals surface area contributed by atoms with E-state index in [2.05, 4.69) is 19.2 Å². The standard InChI is InChI=1S/C80H159NO5/c1-3-5-7-9-11-13-15-17-19-21-42-46-50-54-58-62-66-70-74-80(85)86-75-71-67-63-59-55-51-47-43-40-38-36-34-32-30-28-26-24-22-23-25-27-29-31-33-35-37-39-41-45-49-53-57-61-65-69-73-79(84)81-77(76-82)78(83)72-68-64-60-56-52-48-44-20-18-16-14-12-10-8-6-4-2/h77-78,82-83H,3-76H2,1-2H3,(H,81,84). The Hall–Kier alpha value is -1.14. The quantitative estimate of drug-likeness (QED) is 0.0417. The van der Waals surface area contributed by atoms with Crippen molar-refractivity contribution in [2.24, 2.45) is 0 Å². The summed E-state index contributed by atoms with van der Waals surface area (Å²) in [6.07, 6.45) is 94.9. The molecule has 0 aliphatic carbocycles. The Balaban J connectivity index is 3.28. The van der Waals surface area contributed by atoms with Gasteiger partial charge in [-0.3, -0.25) is 9.59 Å². The van der Waals surface area contributed by atoms with Crippen LogP contribution in [0.5, 0.6) is 0 Å². The highest BCUT2D eigenvalue weighted by molar-refractivity contribution is 5.76. The zero-order valence-electron chi connectivity index (χ0n) is 59.1. The lowest BCUT2D eigenvalue weighted by Crippen LogP contribution is -2.45. The van der Waals surface area contributed by atoms with E-state index in [0.29, 0.717) is 25.9 Å². The van der Waals surface area contributed by atoms with Gasteiger partial charge in [0.1, 0.15) is 0 Å². The highest BCUT2D eigenvalue weighted by Gasteiger charge is 2.20. The molecule has 0 saturated heterocycles. The minimum atomic E-state index is -0.660. The number of carbonyl (C=O) groups is 2. The summed E-state index contributed by atoms with van der Waals surface area (Å²) in [4.78, 5) is 24.7. The lowest BCUT2D eigenvalue weighted by Gasteiger charge is -2.22. The summed E-state index contributed by atoms with van der Waals surface area (Å²) < 4.78 is 5.52. The number of esters is 1. The number of aliphatic hydroxyl groups excluding tert-OH is 2. The third kappa shape index (κ3) is 71.9. The van der Waals surface area contributed by atoms with Crippen molar-refractivity contribution >= 4 is 11.9 Å².